The molecule has 0 aliphatic rings. The van der Waals surface area contributed by atoms with Crippen molar-refractivity contribution in [3.63, 3.8) is 0 Å². The molecule has 0 aromatic heterocycles. The molecule has 0 heterocycles. The maximum Gasteiger partial charge on any atom is 0.201 e. The van der Waals surface area contributed by atoms with Gasteiger partial charge in [-0.3, -0.25) is 4.79 Å². The van der Waals surface area contributed by atoms with Crippen molar-refractivity contribution >= 4 is 11.9 Å². The maximum atomic E-state index is 12.3. The lowest BCUT2D eigenvalue weighted by Gasteiger charge is -2.12. The van der Waals surface area contributed by atoms with Crippen LogP contribution in [0, 0.1) is 0 Å². The number of methoxy groups -OCH3 is 2. The van der Waals surface area contributed by atoms with Crippen LogP contribution in [0.2, 0.25) is 0 Å². The molecule has 2 rings (SSSR count). The van der Waals surface area contributed by atoms with Crippen LogP contribution < -0.4 is 9.47 Å². The van der Waals surface area contributed by atoms with Crippen LogP contribution >= 0.6 is 0 Å². The van der Waals surface area contributed by atoms with Crippen LogP contribution in [0.3, 0.4) is 0 Å². The van der Waals surface area contributed by atoms with Gasteiger partial charge in [0.15, 0.2) is 17.3 Å². The fourth-order valence-corrected chi connectivity index (χ4v) is 1.99. The lowest BCUT2D eigenvalue weighted by atomic mass is 10.1. The first-order valence-corrected chi connectivity index (χ1v) is 6.52. The van der Waals surface area contributed by atoms with Gasteiger partial charge < -0.3 is 19.7 Å². The minimum Gasteiger partial charge on any atom is -0.504 e. The Labute approximate surface area is 128 Å². The summed E-state index contributed by atoms with van der Waals surface area (Å²) < 4.78 is 10.0. The zero-order valence-electron chi connectivity index (χ0n) is 12.2. The van der Waals surface area contributed by atoms with Gasteiger partial charge in [-0.2, -0.15) is 0 Å². The van der Waals surface area contributed by atoms with Gasteiger partial charge in [0, 0.05) is 6.07 Å². The van der Waals surface area contributed by atoms with Gasteiger partial charge in [-0.15, -0.1) is 0 Å². The largest absolute Gasteiger partial charge is 0.504 e. The smallest absolute Gasteiger partial charge is 0.201 e. The molecule has 5 nitrogen and oxygen atoms in total. The molecule has 0 unspecified atom stereocenters. The molecule has 22 heavy (non-hydrogen) atoms. The van der Waals surface area contributed by atoms with Crippen molar-refractivity contribution in [1.82, 2.24) is 0 Å². The second-order valence-electron chi connectivity index (χ2n) is 4.46. The first-order chi connectivity index (χ1) is 10.6. The Morgan fingerprint density at radius 2 is 1.64 bits per heavy atom. The van der Waals surface area contributed by atoms with Gasteiger partial charge in [0.05, 0.1) is 14.2 Å². The Kier molecular flexibility index (Phi) is 4.68. The predicted octanol–water partition coefficient (Wildman–Crippen LogP) is 3.01. The van der Waals surface area contributed by atoms with Gasteiger partial charge in [-0.1, -0.05) is 36.4 Å². The average molecular weight is 300 g/mol. The van der Waals surface area contributed by atoms with E-state index in [1.807, 2.05) is 30.3 Å². The summed E-state index contributed by atoms with van der Waals surface area (Å²) in [6, 6.07) is 10.6. The molecule has 0 fully saturated rings. The summed E-state index contributed by atoms with van der Waals surface area (Å²) in [6.07, 6.45) is 2.92. The number of carbonyl (C=O) groups is 1. The standard InChI is InChI=1S/C17H16O5/c1-21-13-10-14(22-2)16(19)17(20)15(13)12(18)9-8-11-6-4-3-5-7-11/h3-10,19-20H,1-2H3/b9-8+. The fourth-order valence-electron chi connectivity index (χ4n) is 1.99. The van der Waals surface area contributed by atoms with Crippen molar-refractivity contribution in [2.45, 2.75) is 0 Å². The third-order valence-electron chi connectivity index (χ3n) is 3.12. The Morgan fingerprint density at radius 1 is 1.00 bits per heavy atom. The van der Waals surface area contributed by atoms with Crippen LogP contribution in [-0.2, 0) is 0 Å². The van der Waals surface area contributed by atoms with E-state index < -0.39 is 17.3 Å². The molecular formula is C17H16O5. The Bertz CT molecular complexity index is 705. The SMILES string of the molecule is COc1cc(OC)c(C(=O)/C=C/c2ccccc2)c(O)c1O. The van der Waals surface area contributed by atoms with Crippen molar-refractivity contribution in [1.29, 1.82) is 0 Å². The Hall–Kier alpha value is -2.95. The molecule has 2 N–H and O–H groups in total. The minimum atomic E-state index is -0.570. The molecule has 2 aromatic carbocycles. The van der Waals surface area contributed by atoms with Crippen molar-refractivity contribution in [2.75, 3.05) is 14.2 Å². The van der Waals surface area contributed by atoms with Gasteiger partial charge in [-0.05, 0) is 11.6 Å². The molecule has 0 aliphatic heterocycles. The molecule has 0 saturated heterocycles. The number of hydrogen-bond acceptors (Lipinski definition) is 5. The van der Waals surface area contributed by atoms with E-state index in [1.54, 1.807) is 6.08 Å². The van der Waals surface area contributed by atoms with E-state index in [0.29, 0.717) is 0 Å². The maximum absolute atomic E-state index is 12.3. The van der Waals surface area contributed by atoms with Crippen LogP contribution in [0.5, 0.6) is 23.0 Å². The second-order valence-corrected chi connectivity index (χ2v) is 4.46. The summed E-state index contributed by atoms with van der Waals surface area (Å²) in [5.74, 6) is -1.41. The van der Waals surface area contributed by atoms with E-state index in [0.717, 1.165) is 5.56 Å². The van der Waals surface area contributed by atoms with Gasteiger partial charge >= 0.3 is 0 Å². The highest BCUT2D eigenvalue weighted by Crippen LogP contribution is 2.43. The van der Waals surface area contributed by atoms with E-state index >= 15 is 0 Å². The van der Waals surface area contributed by atoms with Crippen LogP contribution in [0.25, 0.3) is 6.08 Å². The highest BCUT2D eigenvalue weighted by molar-refractivity contribution is 6.11. The van der Waals surface area contributed by atoms with Crippen LogP contribution in [0.1, 0.15) is 15.9 Å². The quantitative estimate of drug-likeness (QED) is 0.504. The number of carbonyl (C=O) groups excluding carboxylic acids is 1. The zero-order valence-corrected chi connectivity index (χ0v) is 12.2. The first kappa shape index (κ1) is 15.4. The highest BCUT2D eigenvalue weighted by Gasteiger charge is 2.22. The molecule has 0 atom stereocenters. The van der Waals surface area contributed by atoms with Gasteiger partial charge in [-0.25, -0.2) is 0 Å². The lowest BCUT2D eigenvalue weighted by molar-refractivity contribution is 0.104. The third-order valence-corrected chi connectivity index (χ3v) is 3.12. The molecular weight excluding hydrogens is 284 g/mol. The summed E-state index contributed by atoms with van der Waals surface area (Å²) in [4.78, 5) is 12.3. The number of aromatic hydroxyl groups is 2. The van der Waals surface area contributed by atoms with Crippen molar-refractivity contribution in [3.05, 3.63) is 53.6 Å². The summed E-state index contributed by atoms with van der Waals surface area (Å²) >= 11 is 0. The topological polar surface area (TPSA) is 76.0 Å². The Morgan fingerprint density at radius 3 is 2.23 bits per heavy atom. The number of ketones is 1. The molecule has 0 bridgehead atoms. The second kappa shape index (κ2) is 6.67. The normalized spacial score (nSPS) is 10.6. The molecule has 114 valence electrons. The number of ether oxygens (including phenoxy) is 2. The minimum absolute atomic E-state index is 0.0259. The van der Waals surface area contributed by atoms with Gasteiger partial charge in [0.1, 0.15) is 11.3 Å². The Balaban J connectivity index is 2.41. The van der Waals surface area contributed by atoms with Crippen LogP contribution in [-0.4, -0.2) is 30.2 Å². The van der Waals surface area contributed by atoms with Crippen molar-refractivity contribution < 1.29 is 24.5 Å². The first-order valence-electron chi connectivity index (χ1n) is 6.52. The third kappa shape index (κ3) is 3.03. The fraction of sp³-hybridized carbons (Fsp3) is 0.118. The van der Waals surface area contributed by atoms with Crippen molar-refractivity contribution in [2.24, 2.45) is 0 Å². The highest BCUT2D eigenvalue weighted by atomic mass is 16.5. The van der Waals surface area contributed by atoms with Crippen molar-refractivity contribution in [3.8, 4) is 23.0 Å². The van der Waals surface area contributed by atoms with E-state index in [2.05, 4.69) is 0 Å². The molecule has 0 amide bonds. The van der Waals surface area contributed by atoms with E-state index in [4.69, 9.17) is 9.47 Å². The summed E-state index contributed by atoms with van der Waals surface area (Å²) in [5, 5.41) is 19.8. The van der Waals surface area contributed by atoms with Crippen LogP contribution in [0.4, 0.5) is 0 Å². The zero-order chi connectivity index (χ0) is 16.1. The summed E-state index contributed by atoms with van der Waals surface area (Å²) in [5.41, 5.74) is 0.722. The predicted molar refractivity (Wildman–Crippen MR) is 82.7 cm³/mol. The van der Waals surface area contributed by atoms with E-state index in [1.165, 1.54) is 26.4 Å². The molecule has 5 heteroatoms. The number of phenolic OH excluding ortho intramolecular Hbond substituents is 2. The van der Waals surface area contributed by atoms with Crippen LogP contribution in [0.15, 0.2) is 42.5 Å². The molecule has 0 spiro atoms. The number of allylic oxidation sites excluding steroid dienone is 1. The van der Waals surface area contributed by atoms with Gasteiger partial charge in [0.25, 0.3) is 0 Å². The number of rotatable bonds is 5. The summed E-state index contributed by atoms with van der Waals surface area (Å²) in [7, 11) is 2.70. The molecule has 0 saturated carbocycles. The summed E-state index contributed by atoms with van der Waals surface area (Å²) in [6.45, 7) is 0. The molecule has 2 aromatic rings. The number of phenols is 2. The average Bonchev–Trinajstić information content (AvgIpc) is 2.55. The lowest BCUT2D eigenvalue weighted by Crippen LogP contribution is -2.01. The monoisotopic (exact) mass is 300 g/mol. The van der Waals surface area contributed by atoms with E-state index in [-0.39, 0.29) is 17.1 Å². The van der Waals surface area contributed by atoms with E-state index in [9.17, 15) is 15.0 Å². The molecule has 0 aliphatic carbocycles. The number of benzene rings is 2. The van der Waals surface area contributed by atoms with Gasteiger partial charge in [0.2, 0.25) is 5.75 Å². The molecule has 0 radical (unpaired) electrons. The number of hydrogen-bond donors (Lipinski definition) is 2.